The molecule has 6 heteroatoms. The van der Waals surface area contributed by atoms with E-state index in [1.807, 2.05) is 36.4 Å². The number of hydrogen-bond acceptors (Lipinski definition) is 4. The molecule has 2 aromatic carbocycles. The molecule has 0 spiro atoms. The van der Waals surface area contributed by atoms with Crippen molar-refractivity contribution in [3.8, 4) is 11.5 Å². The maximum Gasteiger partial charge on any atom is 0.227 e. The molecule has 144 valence electrons. The van der Waals surface area contributed by atoms with Gasteiger partial charge >= 0.3 is 0 Å². The van der Waals surface area contributed by atoms with Crippen molar-refractivity contribution in [3.63, 3.8) is 0 Å². The maximum atomic E-state index is 12.9. The van der Waals surface area contributed by atoms with Gasteiger partial charge in [-0.3, -0.25) is 4.79 Å². The molecule has 2 unspecified atom stereocenters. The predicted molar refractivity (Wildman–Crippen MR) is 108 cm³/mol. The van der Waals surface area contributed by atoms with Gasteiger partial charge in [0.05, 0.1) is 19.1 Å². The van der Waals surface area contributed by atoms with E-state index in [4.69, 9.17) is 15.2 Å². The average molecular weight is 389 g/mol. The number of fused-ring (bicyclic) bond motifs is 2. The zero-order valence-electron chi connectivity index (χ0n) is 15.4. The van der Waals surface area contributed by atoms with Crippen molar-refractivity contribution in [3.05, 3.63) is 53.1 Å². The molecule has 0 fully saturated rings. The molecule has 1 aliphatic heterocycles. The van der Waals surface area contributed by atoms with Crippen molar-refractivity contribution >= 4 is 24.0 Å². The van der Waals surface area contributed by atoms with Crippen LogP contribution >= 0.6 is 12.4 Å². The number of halogens is 1. The standard InChI is InChI=1S/C21H24N2O3.ClH/c1-25-17-6-8-20-14(11-17)9-15(12-26-20)21(24)23-19-4-2-3-13-10-16(22)5-7-18(13)19;/h5-8,10-11,15,19H,2-4,9,12,22H2,1H3,(H,23,24);1H. The first kappa shape index (κ1) is 19.4. The Morgan fingerprint density at radius 3 is 2.89 bits per heavy atom. The summed E-state index contributed by atoms with van der Waals surface area (Å²) in [6.45, 7) is 0.409. The van der Waals surface area contributed by atoms with Crippen LogP contribution in [-0.2, 0) is 17.6 Å². The molecule has 4 rings (SSSR count). The van der Waals surface area contributed by atoms with Crippen LogP contribution in [0, 0.1) is 5.92 Å². The summed E-state index contributed by atoms with van der Waals surface area (Å²) >= 11 is 0. The summed E-state index contributed by atoms with van der Waals surface area (Å²) in [5, 5.41) is 3.23. The van der Waals surface area contributed by atoms with Crippen molar-refractivity contribution in [2.75, 3.05) is 19.5 Å². The van der Waals surface area contributed by atoms with E-state index in [1.54, 1.807) is 7.11 Å². The van der Waals surface area contributed by atoms with Crippen LogP contribution in [0.4, 0.5) is 5.69 Å². The van der Waals surface area contributed by atoms with E-state index in [-0.39, 0.29) is 30.3 Å². The number of aryl methyl sites for hydroxylation is 1. The lowest BCUT2D eigenvalue weighted by atomic mass is 9.86. The third-order valence-electron chi connectivity index (χ3n) is 5.34. The van der Waals surface area contributed by atoms with Gasteiger partial charge in [-0.1, -0.05) is 6.07 Å². The second kappa shape index (κ2) is 8.09. The first-order chi connectivity index (χ1) is 12.6. The number of benzene rings is 2. The number of rotatable bonds is 3. The summed E-state index contributed by atoms with van der Waals surface area (Å²) in [4.78, 5) is 12.9. The molecule has 5 nitrogen and oxygen atoms in total. The highest BCUT2D eigenvalue weighted by Crippen LogP contribution is 2.33. The molecule has 1 heterocycles. The highest BCUT2D eigenvalue weighted by molar-refractivity contribution is 5.85. The van der Waals surface area contributed by atoms with Crippen LogP contribution in [0.15, 0.2) is 36.4 Å². The summed E-state index contributed by atoms with van der Waals surface area (Å²) in [6, 6.07) is 11.8. The van der Waals surface area contributed by atoms with Gasteiger partial charge in [0.15, 0.2) is 0 Å². The third-order valence-corrected chi connectivity index (χ3v) is 5.34. The molecule has 2 aliphatic rings. The molecular formula is C21H25ClN2O3. The second-order valence-electron chi connectivity index (χ2n) is 7.10. The third kappa shape index (κ3) is 3.98. The van der Waals surface area contributed by atoms with Crippen molar-refractivity contribution in [2.24, 2.45) is 5.92 Å². The Labute approximate surface area is 165 Å². The van der Waals surface area contributed by atoms with E-state index in [2.05, 4.69) is 5.32 Å². The Bertz CT molecular complexity index is 840. The van der Waals surface area contributed by atoms with E-state index in [9.17, 15) is 4.79 Å². The van der Waals surface area contributed by atoms with Crippen LogP contribution < -0.4 is 20.5 Å². The fourth-order valence-corrected chi connectivity index (χ4v) is 3.94. The van der Waals surface area contributed by atoms with Gasteiger partial charge < -0.3 is 20.5 Å². The van der Waals surface area contributed by atoms with Crippen LogP contribution in [0.25, 0.3) is 0 Å². The number of ether oxygens (including phenoxy) is 2. The number of methoxy groups -OCH3 is 1. The van der Waals surface area contributed by atoms with Crippen molar-refractivity contribution in [1.82, 2.24) is 5.32 Å². The highest BCUT2D eigenvalue weighted by atomic mass is 35.5. The Hall–Kier alpha value is -2.40. The van der Waals surface area contributed by atoms with Gasteiger partial charge in [-0.15, -0.1) is 12.4 Å². The monoisotopic (exact) mass is 388 g/mol. The zero-order chi connectivity index (χ0) is 18.1. The number of carbonyl (C=O) groups excluding carboxylic acids is 1. The van der Waals surface area contributed by atoms with E-state index in [0.29, 0.717) is 13.0 Å². The molecular weight excluding hydrogens is 364 g/mol. The summed E-state index contributed by atoms with van der Waals surface area (Å²) in [7, 11) is 1.64. The fourth-order valence-electron chi connectivity index (χ4n) is 3.94. The molecule has 3 N–H and O–H groups in total. The van der Waals surface area contributed by atoms with Crippen LogP contribution in [0.5, 0.6) is 11.5 Å². The SMILES string of the molecule is COc1ccc2c(c1)CC(C(=O)NC1CCCc3cc(N)ccc31)CO2.Cl. The molecule has 1 aliphatic carbocycles. The van der Waals surface area contributed by atoms with Gasteiger partial charge in [-0.2, -0.15) is 0 Å². The van der Waals surface area contributed by atoms with E-state index < -0.39 is 0 Å². The van der Waals surface area contributed by atoms with Crippen LogP contribution in [0.3, 0.4) is 0 Å². The molecule has 2 atom stereocenters. The van der Waals surface area contributed by atoms with Crippen molar-refractivity contribution in [2.45, 2.75) is 31.7 Å². The van der Waals surface area contributed by atoms with Crippen molar-refractivity contribution < 1.29 is 14.3 Å². The minimum atomic E-state index is -0.186. The number of hydrogen-bond donors (Lipinski definition) is 2. The van der Waals surface area contributed by atoms with Gasteiger partial charge in [0, 0.05) is 5.69 Å². The molecule has 0 saturated carbocycles. The largest absolute Gasteiger partial charge is 0.497 e. The molecule has 2 aromatic rings. The van der Waals surface area contributed by atoms with Crippen LogP contribution in [0.2, 0.25) is 0 Å². The Balaban J connectivity index is 0.00000210. The van der Waals surface area contributed by atoms with Gasteiger partial charge in [-0.05, 0) is 72.7 Å². The summed E-state index contributed by atoms with van der Waals surface area (Å²) in [5.41, 5.74) is 10.1. The lowest BCUT2D eigenvalue weighted by Crippen LogP contribution is -2.40. The molecule has 0 bridgehead atoms. The number of nitrogens with two attached hydrogens (primary N) is 1. The number of amides is 1. The highest BCUT2D eigenvalue weighted by Gasteiger charge is 2.29. The number of carbonyl (C=O) groups is 1. The van der Waals surface area contributed by atoms with Gasteiger partial charge in [0.25, 0.3) is 0 Å². The Morgan fingerprint density at radius 1 is 1.22 bits per heavy atom. The minimum Gasteiger partial charge on any atom is -0.497 e. The van der Waals surface area contributed by atoms with E-state index in [1.165, 1.54) is 11.1 Å². The fraction of sp³-hybridized carbons (Fsp3) is 0.381. The van der Waals surface area contributed by atoms with Crippen LogP contribution in [0.1, 0.15) is 35.6 Å². The van der Waals surface area contributed by atoms with E-state index in [0.717, 1.165) is 42.0 Å². The summed E-state index contributed by atoms with van der Waals surface area (Å²) in [6.07, 6.45) is 3.70. The molecule has 1 amide bonds. The summed E-state index contributed by atoms with van der Waals surface area (Å²) in [5.74, 6) is 1.49. The summed E-state index contributed by atoms with van der Waals surface area (Å²) < 4.78 is 11.1. The first-order valence-electron chi connectivity index (χ1n) is 9.12. The Kier molecular flexibility index (Phi) is 5.80. The molecule has 27 heavy (non-hydrogen) atoms. The number of nitrogen functional groups attached to an aromatic ring is 1. The predicted octanol–water partition coefficient (Wildman–Crippen LogP) is 3.44. The van der Waals surface area contributed by atoms with E-state index >= 15 is 0 Å². The first-order valence-corrected chi connectivity index (χ1v) is 9.12. The lowest BCUT2D eigenvalue weighted by molar-refractivity contribution is -0.127. The Morgan fingerprint density at radius 2 is 2.07 bits per heavy atom. The molecule has 0 saturated heterocycles. The zero-order valence-corrected chi connectivity index (χ0v) is 16.2. The van der Waals surface area contributed by atoms with Crippen molar-refractivity contribution in [1.29, 1.82) is 0 Å². The van der Waals surface area contributed by atoms with Gasteiger partial charge in [0.2, 0.25) is 5.91 Å². The smallest absolute Gasteiger partial charge is 0.227 e. The lowest BCUT2D eigenvalue weighted by Gasteiger charge is -2.30. The quantitative estimate of drug-likeness (QED) is 0.790. The second-order valence-corrected chi connectivity index (χ2v) is 7.10. The number of anilines is 1. The molecule has 0 radical (unpaired) electrons. The topological polar surface area (TPSA) is 73.6 Å². The minimum absolute atomic E-state index is 0. The van der Waals surface area contributed by atoms with Crippen LogP contribution in [-0.4, -0.2) is 19.6 Å². The van der Waals surface area contributed by atoms with Gasteiger partial charge in [-0.25, -0.2) is 0 Å². The maximum absolute atomic E-state index is 12.9. The van der Waals surface area contributed by atoms with Gasteiger partial charge in [0.1, 0.15) is 18.1 Å². The molecule has 0 aromatic heterocycles. The number of nitrogens with one attached hydrogen (secondary N) is 1. The normalized spacial score (nSPS) is 20.3. The average Bonchev–Trinajstić information content (AvgIpc) is 2.67.